The van der Waals surface area contributed by atoms with Crippen LogP contribution < -0.4 is 0 Å². The summed E-state index contributed by atoms with van der Waals surface area (Å²) in [4.78, 5) is 0. The molecule has 0 bridgehead atoms. The molecule has 3 atom stereocenters. The minimum Gasteiger partial charge on any atom is -0.369 e. The summed E-state index contributed by atoms with van der Waals surface area (Å²) in [6.45, 7) is 10.8. The van der Waals surface area contributed by atoms with Gasteiger partial charge in [0.2, 0.25) is 0 Å². The molecule has 20 heavy (non-hydrogen) atoms. The minimum absolute atomic E-state index is 0.458. The van der Waals surface area contributed by atoms with Gasteiger partial charge in [-0.05, 0) is 37.5 Å². The maximum atomic E-state index is 5.54. The fraction of sp³-hybridized carbons (Fsp3) is 0.789. The van der Waals surface area contributed by atoms with Gasteiger partial charge in [-0.1, -0.05) is 64.7 Å². The lowest BCUT2D eigenvalue weighted by molar-refractivity contribution is 0.372. The first-order valence-corrected chi connectivity index (χ1v) is 8.56. The number of hydrogen-bond acceptors (Lipinski definition) is 1. The molecule has 0 aliphatic carbocycles. The van der Waals surface area contributed by atoms with Crippen LogP contribution in [0.1, 0.15) is 72.1 Å². The number of epoxide rings is 1. The number of allylic oxidation sites excluding steroid dienone is 1. The van der Waals surface area contributed by atoms with Crippen LogP contribution in [0.4, 0.5) is 0 Å². The maximum absolute atomic E-state index is 5.54. The van der Waals surface area contributed by atoms with Gasteiger partial charge in [-0.2, -0.15) is 0 Å². The van der Waals surface area contributed by atoms with Crippen molar-refractivity contribution in [2.75, 3.05) is 0 Å². The van der Waals surface area contributed by atoms with E-state index < -0.39 is 0 Å². The maximum Gasteiger partial charge on any atom is 0.0879 e. The van der Waals surface area contributed by atoms with Gasteiger partial charge in [-0.3, -0.25) is 0 Å². The third kappa shape index (κ3) is 7.89. The third-order valence-corrected chi connectivity index (χ3v) is 4.54. The van der Waals surface area contributed by atoms with Crippen molar-refractivity contribution in [3.8, 4) is 0 Å². The molecule has 116 valence electrons. The number of unbranched alkanes of at least 4 members (excludes halogenated alkanes) is 4. The molecule has 1 fully saturated rings. The molecule has 1 heteroatoms. The van der Waals surface area contributed by atoms with Crippen LogP contribution in [0.2, 0.25) is 0 Å². The molecule has 1 aliphatic heterocycles. The Labute approximate surface area is 126 Å². The van der Waals surface area contributed by atoms with Crippen LogP contribution in [0.5, 0.6) is 0 Å². The Kier molecular flexibility index (Phi) is 8.93. The van der Waals surface area contributed by atoms with E-state index in [4.69, 9.17) is 4.74 Å². The highest BCUT2D eigenvalue weighted by Crippen LogP contribution is 2.28. The lowest BCUT2D eigenvalue weighted by Crippen LogP contribution is -2.03. The Morgan fingerprint density at radius 2 is 1.65 bits per heavy atom. The van der Waals surface area contributed by atoms with Crippen LogP contribution in [0.3, 0.4) is 0 Å². The van der Waals surface area contributed by atoms with E-state index in [2.05, 4.69) is 39.5 Å². The lowest BCUT2D eigenvalue weighted by atomic mass is 9.92. The minimum atomic E-state index is 0.458. The number of rotatable bonds is 12. The SMILES string of the molecule is C=CCC1OC1CC=CCCCCCCC(C)C(C)C. The van der Waals surface area contributed by atoms with Crippen LogP contribution >= 0.6 is 0 Å². The van der Waals surface area contributed by atoms with Crippen LogP contribution in [0, 0.1) is 11.8 Å². The van der Waals surface area contributed by atoms with Crippen LogP contribution in [0.15, 0.2) is 24.8 Å². The monoisotopic (exact) mass is 278 g/mol. The summed E-state index contributed by atoms with van der Waals surface area (Å²) in [5, 5.41) is 0. The fourth-order valence-electron chi connectivity index (χ4n) is 2.52. The summed E-state index contributed by atoms with van der Waals surface area (Å²) in [5.41, 5.74) is 0. The van der Waals surface area contributed by atoms with E-state index in [-0.39, 0.29) is 0 Å². The molecular weight excluding hydrogens is 244 g/mol. The zero-order chi connectivity index (χ0) is 14.8. The van der Waals surface area contributed by atoms with Gasteiger partial charge in [-0.25, -0.2) is 0 Å². The van der Waals surface area contributed by atoms with Gasteiger partial charge >= 0.3 is 0 Å². The summed E-state index contributed by atoms with van der Waals surface area (Å²) in [6, 6.07) is 0. The van der Waals surface area contributed by atoms with Gasteiger partial charge in [-0.15, -0.1) is 6.58 Å². The van der Waals surface area contributed by atoms with Crippen molar-refractivity contribution in [3.63, 3.8) is 0 Å². The Morgan fingerprint density at radius 3 is 2.35 bits per heavy atom. The molecule has 0 aromatic heterocycles. The Hall–Kier alpha value is -0.560. The van der Waals surface area contributed by atoms with Crippen molar-refractivity contribution >= 4 is 0 Å². The smallest absolute Gasteiger partial charge is 0.0879 e. The second kappa shape index (κ2) is 10.2. The highest BCUT2D eigenvalue weighted by atomic mass is 16.6. The van der Waals surface area contributed by atoms with Gasteiger partial charge < -0.3 is 4.74 Å². The molecule has 0 aromatic rings. The van der Waals surface area contributed by atoms with Gasteiger partial charge in [0.25, 0.3) is 0 Å². The predicted molar refractivity (Wildman–Crippen MR) is 88.9 cm³/mol. The number of hydrogen-bond donors (Lipinski definition) is 0. The van der Waals surface area contributed by atoms with E-state index in [0.717, 1.165) is 24.7 Å². The average Bonchev–Trinajstić information content (AvgIpc) is 3.15. The zero-order valence-corrected chi connectivity index (χ0v) is 13.8. The molecule has 1 saturated heterocycles. The quantitative estimate of drug-likeness (QED) is 0.246. The van der Waals surface area contributed by atoms with E-state index >= 15 is 0 Å². The summed E-state index contributed by atoms with van der Waals surface area (Å²) in [6.07, 6.45) is 17.8. The van der Waals surface area contributed by atoms with Gasteiger partial charge in [0, 0.05) is 0 Å². The van der Waals surface area contributed by atoms with E-state index in [9.17, 15) is 0 Å². The molecule has 0 spiro atoms. The lowest BCUT2D eigenvalue weighted by Gasteiger charge is -2.14. The van der Waals surface area contributed by atoms with Crippen molar-refractivity contribution in [1.29, 1.82) is 0 Å². The van der Waals surface area contributed by atoms with E-state index in [0.29, 0.717) is 12.2 Å². The molecular formula is C19H34O. The molecule has 1 rings (SSSR count). The highest BCUT2D eigenvalue weighted by molar-refractivity contribution is 4.96. The third-order valence-electron chi connectivity index (χ3n) is 4.54. The summed E-state index contributed by atoms with van der Waals surface area (Å²) < 4.78 is 5.54. The van der Waals surface area contributed by atoms with E-state index in [1.54, 1.807) is 0 Å². The molecule has 0 N–H and O–H groups in total. The summed E-state index contributed by atoms with van der Waals surface area (Å²) >= 11 is 0. The van der Waals surface area contributed by atoms with Crippen LogP contribution in [-0.2, 0) is 4.74 Å². The molecule has 0 amide bonds. The first kappa shape index (κ1) is 17.5. The van der Waals surface area contributed by atoms with Crippen LogP contribution in [-0.4, -0.2) is 12.2 Å². The Balaban J connectivity index is 1.84. The van der Waals surface area contributed by atoms with Gasteiger partial charge in [0.05, 0.1) is 12.2 Å². The topological polar surface area (TPSA) is 12.5 Å². The van der Waals surface area contributed by atoms with Crippen molar-refractivity contribution in [2.24, 2.45) is 11.8 Å². The first-order chi connectivity index (χ1) is 9.65. The molecule has 1 aliphatic rings. The number of ether oxygens (including phenoxy) is 1. The highest BCUT2D eigenvalue weighted by Gasteiger charge is 2.35. The van der Waals surface area contributed by atoms with E-state index in [1.165, 1.54) is 38.5 Å². The summed E-state index contributed by atoms with van der Waals surface area (Å²) in [5.74, 6) is 1.73. The predicted octanol–water partition coefficient (Wildman–Crippen LogP) is 5.91. The first-order valence-electron chi connectivity index (χ1n) is 8.56. The standard InChI is InChI=1S/C19H34O/c1-5-13-18-19(20-18)15-12-10-8-6-7-9-11-14-17(4)16(2)3/h5,10,12,16-19H,1,6-9,11,13-15H2,2-4H3. The van der Waals surface area contributed by atoms with Crippen LogP contribution in [0.25, 0.3) is 0 Å². The van der Waals surface area contributed by atoms with Crippen molar-refractivity contribution in [1.82, 2.24) is 0 Å². The molecule has 1 heterocycles. The zero-order valence-electron chi connectivity index (χ0n) is 13.8. The van der Waals surface area contributed by atoms with Crippen molar-refractivity contribution in [3.05, 3.63) is 24.8 Å². The molecule has 0 radical (unpaired) electrons. The second-order valence-electron chi connectivity index (χ2n) is 6.66. The Bertz CT molecular complexity index is 279. The molecule has 0 aromatic carbocycles. The second-order valence-corrected chi connectivity index (χ2v) is 6.66. The van der Waals surface area contributed by atoms with E-state index in [1.807, 2.05) is 6.08 Å². The normalized spacial score (nSPS) is 23.4. The molecule has 3 unspecified atom stereocenters. The molecule has 1 nitrogen and oxygen atoms in total. The molecule has 0 saturated carbocycles. The van der Waals surface area contributed by atoms with Crippen molar-refractivity contribution < 1.29 is 4.74 Å². The summed E-state index contributed by atoms with van der Waals surface area (Å²) in [7, 11) is 0. The average molecular weight is 278 g/mol. The van der Waals surface area contributed by atoms with Crippen molar-refractivity contribution in [2.45, 2.75) is 84.3 Å². The largest absolute Gasteiger partial charge is 0.369 e. The van der Waals surface area contributed by atoms with Gasteiger partial charge in [0.15, 0.2) is 0 Å². The fourth-order valence-corrected chi connectivity index (χ4v) is 2.52. The Morgan fingerprint density at radius 1 is 0.950 bits per heavy atom. The van der Waals surface area contributed by atoms with Gasteiger partial charge in [0.1, 0.15) is 0 Å².